The SMILES string of the molecule is Cc1ccc2nc(N(CCCN3CCOCC3)C(=O)Cc3ccccc3)sc2c1. The van der Waals surface area contributed by atoms with E-state index in [2.05, 4.69) is 24.0 Å². The molecule has 1 aromatic heterocycles. The molecular formula is C23H27N3O2S. The average Bonchev–Trinajstić information content (AvgIpc) is 3.15. The lowest BCUT2D eigenvalue weighted by atomic mass is 10.1. The van der Waals surface area contributed by atoms with E-state index in [0.29, 0.717) is 13.0 Å². The quantitative estimate of drug-likeness (QED) is 0.594. The monoisotopic (exact) mass is 409 g/mol. The van der Waals surface area contributed by atoms with E-state index in [0.717, 1.165) is 60.2 Å². The molecule has 1 aliphatic rings. The second kappa shape index (κ2) is 9.48. The highest BCUT2D eigenvalue weighted by atomic mass is 32.1. The first-order valence-electron chi connectivity index (χ1n) is 10.2. The largest absolute Gasteiger partial charge is 0.379 e. The molecule has 152 valence electrons. The van der Waals surface area contributed by atoms with E-state index in [-0.39, 0.29) is 5.91 Å². The second-order valence-electron chi connectivity index (χ2n) is 7.48. The fourth-order valence-corrected chi connectivity index (χ4v) is 4.71. The van der Waals surface area contributed by atoms with Gasteiger partial charge in [-0.2, -0.15) is 0 Å². The van der Waals surface area contributed by atoms with Gasteiger partial charge in [-0.1, -0.05) is 47.7 Å². The van der Waals surface area contributed by atoms with E-state index in [1.54, 1.807) is 11.3 Å². The molecule has 1 fully saturated rings. The van der Waals surface area contributed by atoms with Crippen LogP contribution < -0.4 is 4.90 Å². The van der Waals surface area contributed by atoms with Crippen LogP contribution in [-0.4, -0.2) is 55.2 Å². The number of morpholine rings is 1. The number of ether oxygens (including phenoxy) is 1. The van der Waals surface area contributed by atoms with E-state index in [4.69, 9.17) is 9.72 Å². The minimum Gasteiger partial charge on any atom is -0.379 e. The lowest BCUT2D eigenvalue weighted by Gasteiger charge is -2.27. The Hall–Kier alpha value is -2.28. The van der Waals surface area contributed by atoms with Crippen molar-refractivity contribution in [3.63, 3.8) is 0 Å². The van der Waals surface area contributed by atoms with Crippen molar-refractivity contribution in [2.45, 2.75) is 19.8 Å². The van der Waals surface area contributed by atoms with Crippen molar-refractivity contribution in [2.24, 2.45) is 0 Å². The van der Waals surface area contributed by atoms with Crippen LogP contribution in [0, 0.1) is 6.92 Å². The minimum atomic E-state index is 0.106. The number of nitrogens with zero attached hydrogens (tertiary/aromatic N) is 3. The zero-order valence-corrected chi connectivity index (χ0v) is 17.7. The Labute approximate surface area is 175 Å². The standard InChI is InChI=1S/C23H27N3O2S/c1-18-8-9-20-21(16-18)29-23(24-20)26(11-5-10-25-12-14-28-15-13-25)22(27)17-19-6-3-2-4-7-19/h2-4,6-9,16H,5,10-15,17H2,1H3. The van der Waals surface area contributed by atoms with Crippen molar-refractivity contribution in [3.8, 4) is 0 Å². The van der Waals surface area contributed by atoms with E-state index in [1.165, 1.54) is 5.56 Å². The summed E-state index contributed by atoms with van der Waals surface area (Å²) in [4.78, 5) is 22.3. The van der Waals surface area contributed by atoms with Crippen LogP contribution in [0.2, 0.25) is 0 Å². The van der Waals surface area contributed by atoms with Gasteiger partial charge in [-0.3, -0.25) is 14.6 Å². The fraction of sp³-hybridized carbons (Fsp3) is 0.391. The van der Waals surface area contributed by atoms with Crippen molar-refractivity contribution < 1.29 is 9.53 Å². The molecule has 3 aromatic rings. The smallest absolute Gasteiger partial charge is 0.233 e. The van der Waals surface area contributed by atoms with Crippen molar-refractivity contribution in [1.29, 1.82) is 0 Å². The summed E-state index contributed by atoms with van der Waals surface area (Å²) < 4.78 is 6.56. The average molecular weight is 410 g/mol. The van der Waals surface area contributed by atoms with Gasteiger partial charge in [0.1, 0.15) is 0 Å². The van der Waals surface area contributed by atoms with Gasteiger partial charge in [-0.25, -0.2) is 4.98 Å². The Kier molecular flexibility index (Phi) is 6.54. The molecule has 0 spiro atoms. The number of hydrogen-bond acceptors (Lipinski definition) is 5. The molecule has 6 heteroatoms. The number of thiazole rings is 1. The number of amides is 1. The lowest BCUT2D eigenvalue weighted by molar-refractivity contribution is -0.118. The van der Waals surface area contributed by atoms with Crippen LogP contribution in [0.3, 0.4) is 0 Å². The van der Waals surface area contributed by atoms with E-state index < -0.39 is 0 Å². The molecule has 0 radical (unpaired) electrons. The van der Waals surface area contributed by atoms with Crippen LogP contribution in [0.4, 0.5) is 5.13 Å². The molecule has 5 nitrogen and oxygen atoms in total. The molecule has 0 N–H and O–H groups in total. The molecule has 0 saturated carbocycles. The van der Waals surface area contributed by atoms with Crippen molar-refractivity contribution in [1.82, 2.24) is 9.88 Å². The number of rotatable bonds is 7. The minimum absolute atomic E-state index is 0.106. The van der Waals surface area contributed by atoms with Gasteiger partial charge in [-0.05, 0) is 36.6 Å². The van der Waals surface area contributed by atoms with Crippen LogP contribution in [-0.2, 0) is 16.0 Å². The van der Waals surface area contributed by atoms with Gasteiger partial charge < -0.3 is 4.74 Å². The molecule has 0 aliphatic carbocycles. The number of aromatic nitrogens is 1. The zero-order chi connectivity index (χ0) is 20.1. The summed E-state index contributed by atoms with van der Waals surface area (Å²) in [6.45, 7) is 7.28. The number of carbonyl (C=O) groups is 1. The highest BCUT2D eigenvalue weighted by Gasteiger charge is 2.20. The summed E-state index contributed by atoms with van der Waals surface area (Å²) in [7, 11) is 0. The highest BCUT2D eigenvalue weighted by Crippen LogP contribution is 2.30. The maximum absolute atomic E-state index is 13.2. The highest BCUT2D eigenvalue weighted by molar-refractivity contribution is 7.22. The molecule has 0 unspecified atom stereocenters. The number of carbonyl (C=O) groups excluding carboxylic acids is 1. The van der Waals surface area contributed by atoms with Crippen LogP contribution in [0.1, 0.15) is 17.5 Å². The molecule has 1 aliphatic heterocycles. The molecule has 1 amide bonds. The first kappa shape index (κ1) is 20.0. The van der Waals surface area contributed by atoms with Gasteiger partial charge in [-0.15, -0.1) is 0 Å². The third-order valence-electron chi connectivity index (χ3n) is 5.22. The third-order valence-corrected chi connectivity index (χ3v) is 6.26. The Morgan fingerprint density at radius 3 is 2.76 bits per heavy atom. The molecule has 4 rings (SSSR count). The fourth-order valence-electron chi connectivity index (χ4n) is 3.61. The van der Waals surface area contributed by atoms with Gasteiger partial charge >= 0.3 is 0 Å². The van der Waals surface area contributed by atoms with Gasteiger partial charge in [0.2, 0.25) is 5.91 Å². The second-order valence-corrected chi connectivity index (χ2v) is 8.49. The maximum Gasteiger partial charge on any atom is 0.233 e. The van der Waals surface area contributed by atoms with E-state index in [1.807, 2.05) is 41.3 Å². The Balaban J connectivity index is 1.51. The van der Waals surface area contributed by atoms with Crippen LogP contribution >= 0.6 is 11.3 Å². The molecular weight excluding hydrogens is 382 g/mol. The molecule has 29 heavy (non-hydrogen) atoms. The van der Waals surface area contributed by atoms with Crippen LogP contribution in [0.15, 0.2) is 48.5 Å². The summed E-state index contributed by atoms with van der Waals surface area (Å²) in [5.41, 5.74) is 3.20. The topological polar surface area (TPSA) is 45.7 Å². The maximum atomic E-state index is 13.2. The number of fused-ring (bicyclic) bond motifs is 1. The van der Waals surface area contributed by atoms with Gasteiger partial charge in [0.25, 0.3) is 0 Å². The van der Waals surface area contributed by atoms with E-state index >= 15 is 0 Å². The van der Waals surface area contributed by atoms with Crippen LogP contribution in [0.25, 0.3) is 10.2 Å². The zero-order valence-electron chi connectivity index (χ0n) is 16.8. The predicted octanol–water partition coefficient (Wildman–Crippen LogP) is 3.90. The van der Waals surface area contributed by atoms with Gasteiger partial charge in [0.05, 0.1) is 29.9 Å². The molecule has 2 aromatic carbocycles. The van der Waals surface area contributed by atoms with Gasteiger partial charge in [0.15, 0.2) is 5.13 Å². The Morgan fingerprint density at radius 1 is 1.17 bits per heavy atom. The molecule has 0 atom stereocenters. The van der Waals surface area contributed by atoms with E-state index in [9.17, 15) is 4.79 Å². The first-order chi connectivity index (χ1) is 14.2. The van der Waals surface area contributed by atoms with Crippen LogP contribution in [0.5, 0.6) is 0 Å². The molecule has 0 bridgehead atoms. The number of aryl methyl sites for hydroxylation is 1. The third kappa shape index (κ3) is 5.21. The Morgan fingerprint density at radius 2 is 1.97 bits per heavy atom. The molecule has 2 heterocycles. The number of benzene rings is 2. The summed E-state index contributed by atoms with van der Waals surface area (Å²) in [6, 6.07) is 16.2. The lowest BCUT2D eigenvalue weighted by Crippen LogP contribution is -2.39. The van der Waals surface area contributed by atoms with Crippen molar-refractivity contribution >= 4 is 32.6 Å². The van der Waals surface area contributed by atoms with Crippen molar-refractivity contribution in [3.05, 3.63) is 59.7 Å². The summed E-state index contributed by atoms with van der Waals surface area (Å²) in [5.74, 6) is 0.106. The summed E-state index contributed by atoms with van der Waals surface area (Å²) in [5, 5.41) is 0.800. The van der Waals surface area contributed by atoms with Gasteiger partial charge in [0, 0.05) is 26.2 Å². The molecule has 1 saturated heterocycles. The number of hydrogen-bond donors (Lipinski definition) is 0. The first-order valence-corrected chi connectivity index (χ1v) is 11.0. The van der Waals surface area contributed by atoms with Crippen molar-refractivity contribution in [2.75, 3.05) is 44.3 Å². The Bertz CT molecular complexity index is 951. The normalized spacial score (nSPS) is 14.9. The predicted molar refractivity (Wildman–Crippen MR) is 119 cm³/mol. The summed E-state index contributed by atoms with van der Waals surface area (Å²) >= 11 is 1.60. The number of anilines is 1. The summed E-state index contributed by atoms with van der Waals surface area (Å²) in [6.07, 6.45) is 1.32.